The van der Waals surface area contributed by atoms with Gasteiger partial charge in [0.1, 0.15) is 0 Å². The summed E-state index contributed by atoms with van der Waals surface area (Å²) in [4.78, 5) is 13.6. The molecule has 0 aromatic carbocycles. The maximum absolute atomic E-state index is 11.8. The van der Waals surface area contributed by atoms with Crippen molar-refractivity contribution in [1.29, 1.82) is 0 Å². The first-order valence-electron chi connectivity index (χ1n) is 5.25. The summed E-state index contributed by atoms with van der Waals surface area (Å²) >= 11 is 0. The molecule has 0 aromatic heterocycles. The molecule has 0 saturated carbocycles. The fraction of sp³-hybridized carbons (Fsp3) is 0.308. The summed E-state index contributed by atoms with van der Waals surface area (Å²) in [6, 6.07) is 0. The number of amides is 1. The van der Waals surface area contributed by atoms with Crippen molar-refractivity contribution in [3.8, 4) is 0 Å². The zero-order valence-electron chi connectivity index (χ0n) is 8.89. The van der Waals surface area contributed by atoms with E-state index in [1.54, 1.807) is 4.90 Å². The Balaban J connectivity index is 2.20. The number of rotatable bonds is 1. The molecule has 1 heterocycles. The Hall–Kier alpha value is -1.57. The summed E-state index contributed by atoms with van der Waals surface area (Å²) in [5.74, 6) is 0.297. The second-order valence-electron chi connectivity index (χ2n) is 3.90. The van der Waals surface area contributed by atoms with Crippen molar-refractivity contribution in [1.82, 2.24) is 4.90 Å². The third-order valence-electron chi connectivity index (χ3n) is 2.85. The predicted molar refractivity (Wildman–Crippen MR) is 61.2 cm³/mol. The van der Waals surface area contributed by atoms with Gasteiger partial charge in [-0.1, -0.05) is 42.5 Å². The topological polar surface area (TPSA) is 20.3 Å². The molecule has 15 heavy (non-hydrogen) atoms. The maximum atomic E-state index is 11.8. The van der Waals surface area contributed by atoms with Crippen LogP contribution in [0.1, 0.15) is 6.42 Å². The van der Waals surface area contributed by atoms with Crippen LogP contribution in [0.25, 0.3) is 0 Å². The van der Waals surface area contributed by atoms with E-state index in [1.165, 1.54) is 0 Å². The number of carbonyl (C=O) groups excluding carboxylic acids is 1. The van der Waals surface area contributed by atoms with Crippen LogP contribution in [0.5, 0.6) is 0 Å². The van der Waals surface area contributed by atoms with Gasteiger partial charge in [-0.05, 0) is 12.0 Å². The quantitative estimate of drug-likeness (QED) is 0.636. The van der Waals surface area contributed by atoms with Crippen LogP contribution in [0.3, 0.4) is 0 Å². The van der Waals surface area contributed by atoms with Gasteiger partial charge in [0, 0.05) is 13.6 Å². The van der Waals surface area contributed by atoms with Crippen LogP contribution in [0.4, 0.5) is 0 Å². The fourth-order valence-electron chi connectivity index (χ4n) is 1.95. The summed E-state index contributed by atoms with van der Waals surface area (Å²) in [6.07, 6.45) is 14.9. The number of hydrogen-bond donors (Lipinski definition) is 0. The monoisotopic (exact) mass is 201 g/mol. The average molecular weight is 201 g/mol. The Morgan fingerprint density at radius 3 is 2.67 bits per heavy atom. The van der Waals surface area contributed by atoms with E-state index in [0.717, 1.165) is 18.5 Å². The van der Waals surface area contributed by atoms with Gasteiger partial charge in [-0.15, -0.1) is 0 Å². The highest BCUT2D eigenvalue weighted by Gasteiger charge is 2.30. The van der Waals surface area contributed by atoms with Crippen molar-refractivity contribution in [2.24, 2.45) is 5.92 Å². The lowest BCUT2D eigenvalue weighted by Gasteiger charge is -2.11. The minimum absolute atomic E-state index is 0.0578. The Kier molecular flexibility index (Phi) is 2.86. The van der Waals surface area contributed by atoms with Crippen molar-refractivity contribution in [3.05, 3.63) is 48.1 Å². The summed E-state index contributed by atoms with van der Waals surface area (Å²) in [5.41, 5.74) is 1.12. The molecule has 2 nitrogen and oxygen atoms in total. The lowest BCUT2D eigenvalue weighted by Crippen LogP contribution is -2.23. The minimum Gasteiger partial charge on any atom is -0.345 e. The molecule has 0 aromatic rings. The van der Waals surface area contributed by atoms with Crippen LogP contribution in [0, 0.1) is 5.92 Å². The van der Waals surface area contributed by atoms with E-state index in [2.05, 4.69) is 0 Å². The number of allylic oxidation sites excluding steroid dienone is 7. The Morgan fingerprint density at radius 1 is 1.20 bits per heavy atom. The molecule has 0 bridgehead atoms. The van der Waals surface area contributed by atoms with E-state index in [9.17, 15) is 4.79 Å². The Labute approximate surface area is 90.3 Å². The van der Waals surface area contributed by atoms with E-state index >= 15 is 0 Å². The minimum atomic E-state index is 0.0578. The Bertz CT molecular complexity index is 374. The summed E-state index contributed by atoms with van der Waals surface area (Å²) < 4.78 is 0. The second-order valence-corrected chi connectivity index (χ2v) is 3.90. The maximum Gasteiger partial charge on any atom is 0.229 e. The zero-order chi connectivity index (χ0) is 10.7. The molecule has 1 amide bonds. The van der Waals surface area contributed by atoms with E-state index in [1.807, 2.05) is 49.6 Å². The summed E-state index contributed by atoms with van der Waals surface area (Å²) in [6.45, 7) is 0.869. The first kappa shape index (κ1) is 9.97. The average Bonchev–Trinajstić information content (AvgIpc) is 2.48. The highest BCUT2D eigenvalue weighted by molar-refractivity contribution is 5.84. The fourth-order valence-corrected chi connectivity index (χ4v) is 1.95. The smallest absolute Gasteiger partial charge is 0.229 e. The number of hydrogen-bond acceptors (Lipinski definition) is 1. The van der Waals surface area contributed by atoms with Gasteiger partial charge in [-0.2, -0.15) is 0 Å². The van der Waals surface area contributed by atoms with Crippen LogP contribution >= 0.6 is 0 Å². The van der Waals surface area contributed by atoms with E-state index in [-0.39, 0.29) is 11.8 Å². The van der Waals surface area contributed by atoms with E-state index in [0.29, 0.717) is 0 Å². The molecule has 0 spiro atoms. The second kappa shape index (κ2) is 4.30. The van der Waals surface area contributed by atoms with Gasteiger partial charge in [-0.25, -0.2) is 0 Å². The van der Waals surface area contributed by atoms with Gasteiger partial charge in [-0.3, -0.25) is 4.79 Å². The van der Waals surface area contributed by atoms with Gasteiger partial charge in [0.25, 0.3) is 0 Å². The normalized spacial score (nSPS) is 35.3. The van der Waals surface area contributed by atoms with E-state index < -0.39 is 0 Å². The first-order chi connectivity index (χ1) is 7.29. The zero-order valence-corrected chi connectivity index (χ0v) is 8.89. The molecule has 0 N–H and O–H groups in total. The Morgan fingerprint density at radius 2 is 1.93 bits per heavy atom. The number of carbonyl (C=O) groups is 1. The molecule has 78 valence electrons. The predicted octanol–water partition coefficient (Wildman–Crippen LogP) is 2.07. The molecule has 1 atom stereocenters. The number of likely N-dealkylation sites (tertiary alicyclic amines) is 1. The van der Waals surface area contributed by atoms with Gasteiger partial charge in [0.15, 0.2) is 0 Å². The SMILES string of the molecule is CN1CCC(C2=C/C=C\C=C/C=C\2)C1=O. The highest BCUT2D eigenvalue weighted by atomic mass is 16.2. The van der Waals surface area contributed by atoms with Crippen molar-refractivity contribution in [2.75, 3.05) is 13.6 Å². The molecule has 2 rings (SSSR count). The molecule has 1 unspecified atom stereocenters. The van der Waals surface area contributed by atoms with Crippen molar-refractivity contribution in [3.63, 3.8) is 0 Å². The van der Waals surface area contributed by atoms with E-state index in [4.69, 9.17) is 0 Å². The van der Waals surface area contributed by atoms with Crippen LogP contribution < -0.4 is 0 Å². The molecular formula is C13H15NO. The molecular weight excluding hydrogens is 186 g/mol. The summed E-state index contributed by atoms with van der Waals surface area (Å²) in [5, 5.41) is 0. The van der Waals surface area contributed by atoms with Crippen LogP contribution in [-0.2, 0) is 4.79 Å². The standard InChI is InChI=1S/C13H15NO/c1-14-10-9-12(13(14)15)11-7-5-3-2-4-6-8-11/h2-8,12H,9-10H2,1H3/b3-2-,4-2?,5-3?,6-4-,7-5-,8-6?,11-7?,11-8+. The molecule has 1 aliphatic heterocycles. The third-order valence-corrected chi connectivity index (χ3v) is 2.85. The highest BCUT2D eigenvalue weighted by Crippen LogP contribution is 2.25. The lowest BCUT2D eigenvalue weighted by atomic mass is 9.96. The lowest BCUT2D eigenvalue weighted by molar-refractivity contribution is -0.128. The van der Waals surface area contributed by atoms with Gasteiger partial charge >= 0.3 is 0 Å². The summed E-state index contributed by atoms with van der Waals surface area (Å²) in [7, 11) is 1.87. The van der Waals surface area contributed by atoms with Crippen LogP contribution in [-0.4, -0.2) is 24.4 Å². The third kappa shape index (κ3) is 2.09. The van der Waals surface area contributed by atoms with Crippen molar-refractivity contribution < 1.29 is 4.79 Å². The first-order valence-corrected chi connectivity index (χ1v) is 5.25. The molecule has 1 saturated heterocycles. The molecule has 1 aliphatic carbocycles. The van der Waals surface area contributed by atoms with Crippen molar-refractivity contribution in [2.45, 2.75) is 6.42 Å². The van der Waals surface area contributed by atoms with Gasteiger partial charge < -0.3 is 4.90 Å². The van der Waals surface area contributed by atoms with Gasteiger partial charge in [0.2, 0.25) is 5.91 Å². The van der Waals surface area contributed by atoms with Crippen LogP contribution in [0.15, 0.2) is 48.1 Å². The van der Waals surface area contributed by atoms with Crippen LogP contribution in [0.2, 0.25) is 0 Å². The van der Waals surface area contributed by atoms with Gasteiger partial charge in [0.05, 0.1) is 5.92 Å². The molecule has 0 radical (unpaired) electrons. The molecule has 2 aliphatic rings. The van der Waals surface area contributed by atoms with Crippen molar-refractivity contribution >= 4 is 5.91 Å². The molecule has 2 heteroatoms. The number of nitrogens with zero attached hydrogens (tertiary/aromatic N) is 1. The largest absolute Gasteiger partial charge is 0.345 e. The molecule has 1 fully saturated rings.